The van der Waals surface area contributed by atoms with Gasteiger partial charge in [0.15, 0.2) is 0 Å². The number of hydrogen-bond donors (Lipinski definition) is 1. The molecule has 1 N–H and O–H groups in total. The smallest absolute Gasteiger partial charge is 0.326 e. The van der Waals surface area contributed by atoms with Crippen LogP contribution in [0, 0.1) is 13.8 Å². The van der Waals surface area contributed by atoms with Gasteiger partial charge in [-0.15, -0.1) is 0 Å². The molecule has 0 bridgehead atoms. The average Bonchev–Trinajstić information content (AvgIpc) is 2.55. The van der Waals surface area contributed by atoms with Crippen LogP contribution in [-0.4, -0.2) is 28.0 Å². The van der Waals surface area contributed by atoms with Gasteiger partial charge in [0, 0.05) is 0 Å². The first kappa shape index (κ1) is 18.0. The Labute approximate surface area is 141 Å². The maximum atomic E-state index is 12.2. The molecule has 0 aliphatic rings. The Balaban J connectivity index is 2.03. The molecular formula is C17H19NO5S. The number of benzene rings is 2. The largest absolute Gasteiger partial charge is 0.496 e. The summed E-state index contributed by atoms with van der Waals surface area (Å²) < 4.78 is 37.0. The van der Waals surface area contributed by atoms with E-state index in [0.717, 1.165) is 5.56 Å². The molecule has 0 amide bonds. The highest BCUT2D eigenvalue weighted by Crippen LogP contribution is 2.21. The van der Waals surface area contributed by atoms with Crippen LogP contribution in [0.25, 0.3) is 0 Å². The highest BCUT2D eigenvalue weighted by atomic mass is 32.2. The Kier molecular flexibility index (Phi) is 5.58. The number of esters is 1. The van der Waals surface area contributed by atoms with E-state index in [9.17, 15) is 13.2 Å². The van der Waals surface area contributed by atoms with E-state index in [1.807, 2.05) is 6.07 Å². The van der Waals surface area contributed by atoms with Gasteiger partial charge in [0.25, 0.3) is 0 Å². The lowest BCUT2D eigenvalue weighted by Gasteiger charge is -2.10. The third-order valence-corrected chi connectivity index (χ3v) is 4.80. The van der Waals surface area contributed by atoms with E-state index in [1.165, 1.54) is 19.2 Å². The monoisotopic (exact) mass is 349 g/mol. The molecule has 2 aromatic rings. The Morgan fingerprint density at radius 3 is 2.38 bits per heavy atom. The molecule has 24 heavy (non-hydrogen) atoms. The molecule has 0 aliphatic heterocycles. The fourth-order valence-corrected chi connectivity index (χ4v) is 3.14. The van der Waals surface area contributed by atoms with Gasteiger partial charge in [-0.05, 0) is 49.2 Å². The Hall–Kier alpha value is -2.38. The SMILES string of the molecule is COc1ccc(S(=O)(=O)NCC(=O)Oc2ccccc2C)cc1C. The van der Waals surface area contributed by atoms with Gasteiger partial charge in [-0.1, -0.05) is 18.2 Å². The van der Waals surface area contributed by atoms with E-state index in [1.54, 1.807) is 38.1 Å². The third-order valence-electron chi connectivity index (χ3n) is 3.40. The van der Waals surface area contributed by atoms with Gasteiger partial charge in [0.1, 0.15) is 18.0 Å². The van der Waals surface area contributed by atoms with Gasteiger partial charge < -0.3 is 9.47 Å². The van der Waals surface area contributed by atoms with Crippen molar-refractivity contribution in [2.45, 2.75) is 18.7 Å². The fourth-order valence-electron chi connectivity index (χ4n) is 2.09. The number of para-hydroxylation sites is 1. The van der Waals surface area contributed by atoms with E-state index in [0.29, 0.717) is 17.1 Å². The zero-order valence-corrected chi connectivity index (χ0v) is 14.5. The summed E-state index contributed by atoms with van der Waals surface area (Å²) in [7, 11) is -2.30. The number of aryl methyl sites for hydroxylation is 2. The summed E-state index contributed by atoms with van der Waals surface area (Å²) in [4.78, 5) is 11.9. The number of ether oxygens (including phenoxy) is 2. The van der Waals surface area contributed by atoms with Crippen molar-refractivity contribution in [1.82, 2.24) is 4.72 Å². The normalized spacial score (nSPS) is 11.1. The second-order valence-electron chi connectivity index (χ2n) is 5.20. The van der Waals surface area contributed by atoms with Crippen LogP contribution in [0.5, 0.6) is 11.5 Å². The van der Waals surface area contributed by atoms with Crippen molar-refractivity contribution >= 4 is 16.0 Å². The number of sulfonamides is 1. The van der Waals surface area contributed by atoms with Gasteiger partial charge in [0.2, 0.25) is 10.0 Å². The van der Waals surface area contributed by atoms with Crippen LogP contribution in [0.4, 0.5) is 0 Å². The van der Waals surface area contributed by atoms with Crippen LogP contribution in [-0.2, 0) is 14.8 Å². The standard InChI is InChI=1S/C17H19NO5S/c1-12-6-4-5-7-16(12)23-17(19)11-18-24(20,21)14-8-9-15(22-3)13(2)10-14/h4-10,18H,11H2,1-3H3. The molecule has 0 radical (unpaired) electrons. The summed E-state index contributed by atoms with van der Waals surface area (Å²) in [6.07, 6.45) is 0. The molecule has 0 aromatic heterocycles. The predicted octanol–water partition coefficient (Wildman–Crippen LogP) is 2.20. The first-order chi connectivity index (χ1) is 11.3. The van der Waals surface area contributed by atoms with E-state index in [2.05, 4.69) is 4.72 Å². The Morgan fingerprint density at radius 1 is 1.04 bits per heavy atom. The minimum atomic E-state index is -3.81. The predicted molar refractivity (Wildman–Crippen MR) is 89.7 cm³/mol. The summed E-state index contributed by atoms with van der Waals surface area (Å²) in [5.41, 5.74) is 1.47. The summed E-state index contributed by atoms with van der Waals surface area (Å²) in [5.74, 6) is 0.313. The fraction of sp³-hybridized carbons (Fsp3) is 0.235. The molecule has 0 aliphatic carbocycles. The van der Waals surface area contributed by atoms with Crippen molar-refractivity contribution in [1.29, 1.82) is 0 Å². The van der Waals surface area contributed by atoms with Crippen LogP contribution in [0.15, 0.2) is 47.4 Å². The minimum absolute atomic E-state index is 0.0597. The quantitative estimate of drug-likeness (QED) is 0.639. The number of hydrogen-bond acceptors (Lipinski definition) is 5. The summed E-state index contributed by atoms with van der Waals surface area (Å²) in [6.45, 7) is 3.08. The lowest BCUT2D eigenvalue weighted by atomic mass is 10.2. The second-order valence-corrected chi connectivity index (χ2v) is 6.96. The average molecular weight is 349 g/mol. The summed E-state index contributed by atoms with van der Waals surface area (Å²) in [5, 5.41) is 0. The van der Waals surface area contributed by atoms with Crippen molar-refractivity contribution in [3.8, 4) is 11.5 Å². The first-order valence-electron chi connectivity index (χ1n) is 7.24. The van der Waals surface area contributed by atoms with Crippen LogP contribution in [0.2, 0.25) is 0 Å². The number of carbonyl (C=O) groups excluding carboxylic acids is 1. The lowest BCUT2D eigenvalue weighted by Crippen LogP contribution is -2.32. The number of methoxy groups -OCH3 is 1. The molecule has 128 valence electrons. The first-order valence-corrected chi connectivity index (χ1v) is 8.72. The van der Waals surface area contributed by atoms with Crippen LogP contribution in [0.1, 0.15) is 11.1 Å². The highest BCUT2D eigenvalue weighted by molar-refractivity contribution is 7.89. The van der Waals surface area contributed by atoms with Gasteiger partial charge in [0.05, 0.1) is 12.0 Å². The van der Waals surface area contributed by atoms with E-state index in [4.69, 9.17) is 9.47 Å². The molecule has 6 nitrogen and oxygen atoms in total. The van der Waals surface area contributed by atoms with Crippen LogP contribution >= 0.6 is 0 Å². The van der Waals surface area contributed by atoms with Crippen molar-refractivity contribution in [2.75, 3.05) is 13.7 Å². The molecule has 0 saturated heterocycles. The molecule has 0 fully saturated rings. The molecule has 7 heteroatoms. The van der Waals surface area contributed by atoms with Crippen molar-refractivity contribution in [3.63, 3.8) is 0 Å². The van der Waals surface area contributed by atoms with E-state index in [-0.39, 0.29) is 4.90 Å². The zero-order valence-electron chi connectivity index (χ0n) is 13.7. The van der Waals surface area contributed by atoms with Gasteiger partial charge in [-0.25, -0.2) is 8.42 Å². The van der Waals surface area contributed by atoms with E-state index >= 15 is 0 Å². The topological polar surface area (TPSA) is 81.7 Å². The molecular weight excluding hydrogens is 330 g/mol. The van der Waals surface area contributed by atoms with Crippen LogP contribution in [0.3, 0.4) is 0 Å². The molecule has 0 heterocycles. The lowest BCUT2D eigenvalue weighted by molar-refractivity contribution is -0.133. The number of nitrogens with one attached hydrogen (secondary N) is 1. The summed E-state index contributed by atoms with van der Waals surface area (Å²) in [6, 6.07) is 11.5. The van der Waals surface area contributed by atoms with Gasteiger partial charge >= 0.3 is 5.97 Å². The Bertz CT molecular complexity index is 846. The van der Waals surface area contributed by atoms with E-state index < -0.39 is 22.5 Å². The molecule has 0 atom stereocenters. The number of rotatable bonds is 6. The molecule has 2 aromatic carbocycles. The van der Waals surface area contributed by atoms with Gasteiger partial charge in [-0.2, -0.15) is 4.72 Å². The third kappa shape index (κ3) is 4.33. The molecule has 0 saturated carbocycles. The molecule has 0 unspecified atom stereocenters. The van der Waals surface area contributed by atoms with Crippen molar-refractivity contribution in [3.05, 3.63) is 53.6 Å². The molecule has 2 rings (SSSR count). The summed E-state index contributed by atoms with van der Waals surface area (Å²) >= 11 is 0. The zero-order chi connectivity index (χ0) is 17.7. The second kappa shape index (κ2) is 7.46. The maximum Gasteiger partial charge on any atom is 0.326 e. The van der Waals surface area contributed by atoms with Gasteiger partial charge in [-0.3, -0.25) is 4.79 Å². The van der Waals surface area contributed by atoms with Crippen LogP contribution < -0.4 is 14.2 Å². The van der Waals surface area contributed by atoms with Crippen molar-refractivity contribution in [2.24, 2.45) is 0 Å². The highest BCUT2D eigenvalue weighted by Gasteiger charge is 2.17. The number of carbonyl (C=O) groups is 1. The van der Waals surface area contributed by atoms with Crippen molar-refractivity contribution < 1.29 is 22.7 Å². The minimum Gasteiger partial charge on any atom is -0.496 e. The Morgan fingerprint density at radius 2 is 1.75 bits per heavy atom. The maximum absolute atomic E-state index is 12.2. The molecule has 0 spiro atoms.